The Balaban J connectivity index is 2.07. The first-order valence-corrected chi connectivity index (χ1v) is 8.87. The summed E-state index contributed by atoms with van der Waals surface area (Å²) in [7, 11) is -2.92. The van der Waals surface area contributed by atoms with Gasteiger partial charge in [0.25, 0.3) is 5.91 Å². The topological polar surface area (TPSA) is 106 Å². The zero-order chi connectivity index (χ0) is 19.1. The van der Waals surface area contributed by atoms with Crippen LogP contribution < -0.4 is 4.72 Å². The van der Waals surface area contributed by atoms with Crippen LogP contribution in [-0.4, -0.2) is 33.2 Å². The predicted octanol–water partition coefficient (Wildman–Crippen LogP) is 1.74. The highest BCUT2D eigenvalue weighted by Gasteiger charge is 2.16. The summed E-state index contributed by atoms with van der Waals surface area (Å²) in [5.41, 5.74) is 1.91. The van der Waals surface area contributed by atoms with Gasteiger partial charge in [0, 0.05) is 30.3 Å². The number of fused-ring (bicyclic) bond motifs is 1. The molecule has 1 amide bonds. The maximum atomic E-state index is 13.4. The maximum Gasteiger partial charge on any atom is 0.359 e. The van der Waals surface area contributed by atoms with Crippen molar-refractivity contribution in [2.24, 2.45) is 7.05 Å². The van der Waals surface area contributed by atoms with Crippen molar-refractivity contribution in [1.82, 2.24) is 19.1 Å². The summed E-state index contributed by atoms with van der Waals surface area (Å²) < 4.78 is 48.2. The molecule has 0 saturated carbocycles. The molecule has 136 valence electrons. The molecule has 0 aliphatic carbocycles. The molecule has 2 heterocycles. The number of carbonyl (C=O) groups is 1. The van der Waals surface area contributed by atoms with Gasteiger partial charge in [-0.05, 0) is 37.3 Å². The molecule has 0 saturated heterocycles. The largest absolute Gasteiger partial charge is 0.359 e. The number of aromatic nitrogens is 3. The second kappa shape index (κ2) is 6.39. The van der Waals surface area contributed by atoms with E-state index in [0.29, 0.717) is 22.5 Å². The van der Waals surface area contributed by atoms with E-state index in [0.717, 1.165) is 11.6 Å². The smallest absolute Gasteiger partial charge is 0.301 e. The molecule has 1 aromatic carbocycles. The van der Waals surface area contributed by atoms with Crippen molar-refractivity contribution >= 4 is 33.2 Å². The fourth-order valence-electron chi connectivity index (χ4n) is 2.76. The fourth-order valence-corrected chi connectivity index (χ4v) is 3.08. The van der Waals surface area contributed by atoms with Crippen LogP contribution in [0.1, 0.15) is 11.3 Å². The summed E-state index contributed by atoms with van der Waals surface area (Å²) in [4.78, 5) is 11.6. The minimum Gasteiger partial charge on any atom is -0.301 e. The number of carbonyl (C=O) groups excluding carboxylic acids is 1. The Morgan fingerprint density at radius 2 is 2.08 bits per heavy atom. The lowest BCUT2D eigenvalue weighted by Gasteiger charge is -2.08. The Kier molecular flexibility index (Phi) is 4.38. The average molecular weight is 378 g/mol. The molecule has 0 aliphatic rings. The van der Waals surface area contributed by atoms with Crippen LogP contribution in [0.2, 0.25) is 0 Å². The summed E-state index contributed by atoms with van der Waals surface area (Å²) in [6.07, 6.45) is 4.12. The lowest BCUT2D eigenvalue weighted by Crippen LogP contribution is -2.27. The SMILES string of the molecule is Cc1nn(C)c(-n2ccc3cc(F)ccc32)c1C=CC(=O)NS(=O)(=O)O. The van der Waals surface area contributed by atoms with Crippen LogP contribution in [0.5, 0.6) is 0 Å². The standard InChI is InChI=1S/C16H15FN4O4S/c1-10-13(4-6-15(22)19-26(23,24)25)16(20(2)18-10)21-8-7-11-9-12(17)3-5-14(11)21/h3-9H,1-2H3,(H,19,22)(H,23,24,25). The summed E-state index contributed by atoms with van der Waals surface area (Å²) in [5.74, 6) is -0.736. The number of aryl methyl sites for hydroxylation is 2. The van der Waals surface area contributed by atoms with Crippen LogP contribution in [0.15, 0.2) is 36.5 Å². The van der Waals surface area contributed by atoms with E-state index in [1.165, 1.54) is 22.9 Å². The highest BCUT2D eigenvalue weighted by molar-refractivity contribution is 7.84. The molecule has 2 aromatic heterocycles. The van der Waals surface area contributed by atoms with E-state index in [-0.39, 0.29) is 5.82 Å². The second-order valence-corrected chi connectivity index (χ2v) is 6.76. The summed E-state index contributed by atoms with van der Waals surface area (Å²) in [6, 6.07) is 6.13. The van der Waals surface area contributed by atoms with E-state index in [2.05, 4.69) is 5.10 Å². The Morgan fingerprint density at radius 3 is 2.77 bits per heavy atom. The van der Waals surface area contributed by atoms with Crippen LogP contribution in [0, 0.1) is 12.7 Å². The van der Waals surface area contributed by atoms with Crippen LogP contribution in [-0.2, 0) is 22.1 Å². The number of hydrogen-bond donors (Lipinski definition) is 2. The molecule has 0 spiro atoms. The van der Waals surface area contributed by atoms with Crippen molar-refractivity contribution in [2.75, 3.05) is 0 Å². The molecule has 0 radical (unpaired) electrons. The highest BCUT2D eigenvalue weighted by atomic mass is 32.2. The van der Waals surface area contributed by atoms with Gasteiger partial charge in [0.05, 0.1) is 11.2 Å². The zero-order valence-corrected chi connectivity index (χ0v) is 14.7. The predicted molar refractivity (Wildman–Crippen MR) is 93.5 cm³/mol. The summed E-state index contributed by atoms with van der Waals surface area (Å²) >= 11 is 0. The van der Waals surface area contributed by atoms with Gasteiger partial charge in [-0.1, -0.05) is 0 Å². The highest BCUT2D eigenvalue weighted by Crippen LogP contribution is 2.26. The maximum absolute atomic E-state index is 13.4. The number of rotatable bonds is 4. The molecular weight excluding hydrogens is 363 g/mol. The molecular formula is C16H15FN4O4S. The first-order chi connectivity index (χ1) is 12.2. The number of nitrogens with one attached hydrogen (secondary N) is 1. The fraction of sp³-hybridized carbons (Fsp3) is 0.125. The number of amides is 1. The third-order valence-electron chi connectivity index (χ3n) is 3.75. The van der Waals surface area contributed by atoms with Gasteiger partial charge < -0.3 is 4.57 Å². The van der Waals surface area contributed by atoms with Crippen molar-refractivity contribution in [1.29, 1.82) is 0 Å². The third-order valence-corrected chi connectivity index (χ3v) is 4.21. The van der Waals surface area contributed by atoms with E-state index < -0.39 is 16.2 Å². The summed E-state index contributed by atoms with van der Waals surface area (Å²) in [6.45, 7) is 1.73. The van der Waals surface area contributed by atoms with E-state index in [9.17, 15) is 17.6 Å². The Labute approximate surface area is 148 Å². The van der Waals surface area contributed by atoms with Crippen molar-refractivity contribution < 1.29 is 22.2 Å². The second-order valence-electron chi connectivity index (χ2n) is 5.61. The molecule has 0 bridgehead atoms. The normalized spacial score (nSPS) is 12.2. The van der Waals surface area contributed by atoms with Crippen molar-refractivity contribution in [2.45, 2.75) is 6.92 Å². The van der Waals surface area contributed by atoms with Crippen LogP contribution >= 0.6 is 0 Å². The molecule has 3 aromatic rings. The Bertz CT molecular complexity index is 1140. The molecule has 26 heavy (non-hydrogen) atoms. The van der Waals surface area contributed by atoms with Gasteiger partial charge in [0.15, 0.2) is 0 Å². The van der Waals surface area contributed by atoms with Gasteiger partial charge in [0.1, 0.15) is 11.6 Å². The van der Waals surface area contributed by atoms with Gasteiger partial charge in [-0.15, -0.1) is 0 Å². The van der Waals surface area contributed by atoms with Crippen LogP contribution in [0.4, 0.5) is 4.39 Å². The first-order valence-electron chi connectivity index (χ1n) is 7.43. The van der Waals surface area contributed by atoms with E-state index in [4.69, 9.17) is 4.55 Å². The molecule has 3 rings (SSSR count). The van der Waals surface area contributed by atoms with Gasteiger partial charge >= 0.3 is 10.3 Å². The molecule has 0 fully saturated rings. The monoisotopic (exact) mass is 378 g/mol. The Hall–Kier alpha value is -2.98. The van der Waals surface area contributed by atoms with Crippen LogP contribution in [0.3, 0.4) is 0 Å². The van der Waals surface area contributed by atoms with E-state index >= 15 is 0 Å². The van der Waals surface area contributed by atoms with Crippen molar-refractivity contribution in [3.63, 3.8) is 0 Å². The van der Waals surface area contributed by atoms with Crippen molar-refractivity contribution in [3.05, 3.63) is 53.6 Å². The van der Waals surface area contributed by atoms with Gasteiger partial charge in [0.2, 0.25) is 0 Å². The lowest BCUT2D eigenvalue weighted by molar-refractivity contribution is -0.114. The van der Waals surface area contributed by atoms with Crippen molar-refractivity contribution in [3.8, 4) is 5.82 Å². The molecule has 10 heteroatoms. The molecule has 0 aliphatic heterocycles. The zero-order valence-electron chi connectivity index (χ0n) is 13.8. The molecule has 0 atom stereocenters. The average Bonchev–Trinajstić information content (AvgIpc) is 3.03. The molecule has 0 unspecified atom stereocenters. The number of benzene rings is 1. The summed E-state index contributed by atoms with van der Waals surface area (Å²) in [5, 5.41) is 5.01. The van der Waals surface area contributed by atoms with Gasteiger partial charge in [-0.25, -0.2) is 9.11 Å². The van der Waals surface area contributed by atoms with Gasteiger partial charge in [-0.3, -0.25) is 14.0 Å². The van der Waals surface area contributed by atoms with Gasteiger partial charge in [-0.2, -0.15) is 13.5 Å². The van der Waals surface area contributed by atoms with Crippen LogP contribution in [0.25, 0.3) is 22.8 Å². The van der Waals surface area contributed by atoms with E-state index in [1.54, 1.807) is 41.5 Å². The number of halogens is 1. The van der Waals surface area contributed by atoms with E-state index in [1.807, 2.05) is 0 Å². The minimum atomic E-state index is -4.63. The molecule has 2 N–H and O–H groups in total. The number of nitrogens with zero attached hydrogens (tertiary/aromatic N) is 3. The quantitative estimate of drug-likeness (QED) is 0.531. The molecule has 8 nitrogen and oxygen atoms in total. The number of hydrogen-bond acceptors (Lipinski definition) is 4. The first kappa shape index (κ1) is 17.8. The minimum absolute atomic E-state index is 0.349. The lowest BCUT2D eigenvalue weighted by atomic mass is 10.2. The third kappa shape index (κ3) is 3.51. The Morgan fingerprint density at radius 1 is 1.35 bits per heavy atom.